The van der Waals surface area contributed by atoms with Crippen molar-refractivity contribution in [1.82, 2.24) is 9.97 Å². The Hall–Kier alpha value is -4.31. The predicted octanol–water partition coefficient (Wildman–Crippen LogP) is 8.61. The van der Waals surface area contributed by atoms with Gasteiger partial charge >= 0.3 is 0 Å². The van der Waals surface area contributed by atoms with Crippen molar-refractivity contribution in [1.29, 1.82) is 0 Å². The van der Waals surface area contributed by atoms with Crippen LogP contribution in [0.25, 0.3) is 22.3 Å². The largest absolute Gasteiger partial charge is 0.368 e. The number of para-hydroxylation sites is 1. The Morgan fingerprint density at radius 2 is 1.41 bits per heavy atom. The van der Waals surface area contributed by atoms with Crippen LogP contribution in [0.2, 0.25) is 0 Å². The molecule has 0 bridgehead atoms. The van der Waals surface area contributed by atoms with Crippen molar-refractivity contribution >= 4 is 28.1 Å². The molecule has 0 unspecified atom stereocenters. The molecule has 4 heteroatoms. The van der Waals surface area contributed by atoms with Gasteiger partial charge in [0.15, 0.2) is 5.82 Å². The molecule has 194 valence electrons. The molecule has 1 aliphatic heterocycles. The van der Waals surface area contributed by atoms with E-state index < -0.39 is 0 Å². The highest BCUT2D eigenvalue weighted by atomic mass is 15.0. The molecule has 1 aliphatic rings. The molecule has 0 saturated carbocycles. The first-order valence-electron chi connectivity index (χ1n) is 13.8. The molecule has 0 spiro atoms. The van der Waals surface area contributed by atoms with Crippen molar-refractivity contribution < 1.29 is 0 Å². The van der Waals surface area contributed by atoms with Gasteiger partial charge in [-0.25, -0.2) is 9.97 Å². The summed E-state index contributed by atoms with van der Waals surface area (Å²) in [7, 11) is 0. The highest BCUT2D eigenvalue weighted by Crippen LogP contribution is 2.35. The Balaban J connectivity index is 1.38. The molecule has 0 saturated heterocycles. The highest BCUT2D eigenvalue weighted by Gasteiger charge is 2.23. The maximum Gasteiger partial charge on any atom is 0.162 e. The van der Waals surface area contributed by atoms with Crippen LogP contribution in [0, 0.1) is 5.41 Å². The quantitative estimate of drug-likeness (QED) is 0.249. The van der Waals surface area contributed by atoms with Crippen molar-refractivity contribution in [3.05, 3.63) is 120 Å². The summed E-state index contributed by atoms with van der Waals surface area (Å²) in [6, 6.07) is 36.1. The van der Waals surface area contributed by atoms with Gasteiger partial charge in [0.25, 0.3) is 0 Å². The third kappa shape index (κ3) is 5.33. The molecule has 1 aromatic heterocycles. The summed E-state index contributed by atoms with van der Waals surface area (Å²) < 4.78 is 0. The highest BCUT2D eigenvalue weighted by molar-refractivity contribution is 5.94. The molecule has 0 fully saturated rings. The molecule has 5 aromatic rings. The first-order valence-corrected chi connectivity index (χ1v) is 13.8. The summed E-state index contributed by atoms with van der Waals surface area (Å²) in [4.78, 5) is 15.1. The van der Waals surface area contributed by atoms with Gasteiger partial charge in [0.2, 0.25) is 0 Å². The second kappa shape index (κ2) is 10.5. The van der Waals surface area contributed by atoms with E-state index in [1.807, 2.05) is 12.1 Å². The van der Waals surface area contributed by atoms with Crippen molar-refractivity contribution in [2.24, 2.45) is 10.4 Å². The molecule has 4 nitrogen and oxygen atoms in total. The van der Waals surface area contributed by atoms with Crippen LogP contribution < -0.4 is 5.32 Å². The van der Waals surface area contributed by atoms with Gasteiger partial charge in [-0.15, -0.1) is 0 Å². The number of hydrogen-bond acceptors (Lipinski definition) is 4. The summed E-state index contributed by atoms with van der Waals surface area (Å²) >= 11 is 0. The lowest BCUT2D eigenvalue weighted by atomic mass is 9.84. The Labute approximate surface area is 230 Å². The monoisotopic (exact) mass is 510 g/mol. The van der Waals surface area contributed by atoms with Crippen LogP contribution in [0.15, 0.2) is 108 Å². The molecule has 0 radical (unpaired) electrons. The van der Waals surface area contributed by atoms with Crippen LogP contribution in [0.4, 0.5) is 11.5 Å². The van der Waals surface area contributed by atoms with Gasteiger partial charge in [-0.1, -0.05) is 106 Å². The number of aliphatic imine (C=N–C) groups is 1. The number of rotatable bonds is 6. The summed E-state index contributed by atoms with van der Waals surface area (Å²) in [5, 5.41) is 4.73. The summed E-state index contributed by atoms with van der Waals surface area (Å²) in [5.41, 5.74) is 8.12. The predicted molar refractivity (Wildman–Crippen MR) is 163 cm³/mol. The topological polar surface area (TPSA) is 50.2 Å². The number of benzene rings is 4. The normalized spacial score (nSPS) is 13.3. The SMILES string of the molecule is CC(C)(C)C1=Nc2cc(-c3nc(NCC(c4ccccc4)c4ccccc4)c4ccccc4n3)ccc2CC1. The van der Waals surface area contributed by atoms with E-state index in [1.165, 1.54) is 22.4 Å². The number of nitrogens with one attached hydrogen (secondary N) is 1. The van der Waals surface area contributed by atoms with Gasteiger partial charge in [0.05, 0.1) is 11.2 Å². The second-order valence-electron chi connectivity index (χ2n) is 11.3. The van der Waals surface area contributed by atoms with Crippen molar-refractivity contribution in [2.45, 2.75) is 39.5 Å². The molecule has 6 rings (SSSR count). The zero-order chi connectivity index (χ0) is 26.8. The molecule has 39 heavy (non-hydrogen) atoms. The second-order valence-corrected chi connectivity index (χ2v) is 11.3. The smallest absolute Gasteiger partial charge is 0.162 e. The minimum Gasteiger partial charge on any atom is -0.368 e. The average molecular weight is 511 g/mol. The molecular formula is C35H34N4. The van der Waals surface area contributed by atoms with E-state index in [0.717, 1.165) is 47.4 Å². The number of aryl methyl sites for hydroxylation is 1. The van der Waals surface area contributed by atoms with Crippen LogP contribution in [0.5, 0.6) is 0 Å². The Morgan fingerprint density at radius 1 is 0.744 bits per heavy atom. The van der Waals surface area contributed by atoms with Crippen LogP contribution in [-0.2, 0) is 6.42 Å². The Morgan fingerprint density at radius 3 is 2.10 bits per heavy atom. The fourth-order valence-electron chi connectivity index (χ4n) is 5.35. The minimum atomic E-state index is 0.0677. The molecule has 4 aromatic carbocycles. The van der Waals surface area contributed by atoms with E-state index in [0.29, 0.717) is 5.82 Å². The molecule has 2 heterocycles. The fourth-order valence-corrected chi connectivity index (χ4v) is 5.35. The van der Waals surface area contributed by atoms with Gasteiger partial charge < -0.3 is 5.32 Å². The zero-order valence-corrected chi connectivity index (χ0v) is 22.9. The number of nitrogens with zero attached hydrogens (tertiary/aromatic N) is 3. The maximum atomic E-state index is 5.08. The third-order valence-corrected chi connectivity index (χ3v) is 7.58. The van der Waals surface area contributed by atoms with Gasteiger partial charge in [0.1, 0.15) is 5.82 Å². The first kappa shape index (κ1) is 25.0. The minimum absolute atomic E-state index is 0.0677. The average Bonchev–Trinajstić information content (AvgIpc) is 2.97. The van der Waals surface area contributed by atoms with Gasteiger partial charge in [-0.3, -0.25) is 4.99 Å². The van der Waals surface area contributed by atoms with Crippen LogP contribution in [0.1, 0.15) is 49.8 Å². The van der Waals surface area contributed by atoms with Gasteiger partial charge in [0, 0.05) is 34.5 Å². The number of aromatic nitrogens is 2. The number of anilines is 1. The molecule has 0 aliphatic carbocycles. The summed E-state index contributed by atoms with van der Waals surface area (Å²) in [6.45, 7) is 7.44. The van der Waals surface area contributed by atoms with Crippen LogP contribution in [0.3, 0.4) is 0 Å². The van der Waals surface area contributed by atoms with E-state index in [4.69, 9.17) is 15.0 Å². The van der Waals surface area contributed by atoms with E-state index >= 15 is 0 Å². The maximum absolute atomic E-state index is 5.08. The number of hydrogen-bond donors (Lipinski definition) is 1. The van der Waals surface area contributed by atoms with E-state index in [1.54, 1.807) is 0 Å². The van der Waals surface area contributed by atoms with Crippen molar-refractivity contribution in [3.63, 3.8) is 0 Å². The van der Waals surface area contributed by atoms with Crippen molar-refractivity contribution in [2.75, 3.05) is 11.9 Å². The fraction of sp³-hybridized carbons (Fsp3) is 0.229. The van der Waals surface area contributed by atoms with E-state index in [-0.39, 0.29) is 11.3 Å². The van der Waals surface area contributed by atoms with Gasteiger partial charge in [-0.2, -0.15) is 0 Å². The van der Waals surface area contributed by atoms with E-state index in [2.05, 4.69) is 117 Å². The Kier molecular flexibility index (Phi) is 6.70. The van der Waals surface area contributed by atoms with Crippen LogP contribution >= 0.6 is 0 Å². The molecule has 0 atom stereocenters. The lowest BCUT2D eigenvalue weighted by Crippen LogP contribution is -2.22. The standard InChI is InChI=1S/C35H34N4/c1-35(2,3)32-21-20-26-18-19-27(22-31(26)37-32)33-38-30-17-11-10-16-28(30)34(39-33)36-23-29(24-12-6-4-7-13-24)25-14-8-5-9-15-25/h4-19,22,29H,20-21,23H2,1-3H3,(H,36,38,39). The van der Waals surface area contributed by atoms with Crippen LogP contribution in [-0.4, -0.2) is 22.2 Å². The lowest BCUT2D eigenvalue weighted by molar-refractivity contribution is 0.574. The first-order chi connectivity index (χ1) is 19.0. The zero-order valence-electron chi connectivity index (χ0n) is 22.9. The third-order valence-electron chi connectivity index (χ3n) is 7.58. The number of fused-ring (bicyclic) bond motifs is 2. The summed E-state index contributed by atoms with van der Waals surface area (Å²) in [5.74, 6) is 1.76. The molecular weight excluding hydrogens is 476 g/mol. The Bertz CT molecular complexity index is 1590. The lowest BCUT2D eigenvalue weighted by Gasteiger charge is -2.26. The van der Waals surface area contributed by atoms with E-state index in [9.17, 15) is 0 Å². The summed E-state index contributed by atoms with van der Waals surface area (Å²) in [6.07, 6.45) is 2.04. The van der Waals surface area contributed by atoms with Gasteiger partial charge in [-0.05, 0) is 47.7 Å². The molecule has 0 amide bonds. The van der Waals surface area contributed by atoms with Crippen molar-refractivity contribution in [3.8, 4) is 11.4 Å². The molecule has 1 N–H and O–H groups in total.